The number of hydrogen-bond donors (Lipinski definition) is 2. The van der Waals surface area contributed by atoms with Crippen molar-refractivity contribution in [1.29, 1.82) is 5.26 Å². The number of benzene rings is 2. The number of aliphatic hydroxyl groups is 1. The van der Waals surface area contributed by atoms with E-state index in [1.54, 1.807) is 18.2 Å². The zero-order valence-corrected chi connectivity index (χ0v) is 16.7. The second kappa shape index (κ2) is 8.93. The highest BCUT2D eigenvalue weighted by Crippen LogP contribution is 2.30. The van der Waals surface area contributed by atoms with Crippen LogP contribution in [0.5, 0.6) is 11.5 Å². The summed E-state index contributed by atoms with van der Waals surface area (Å²) in [5.74, 6) is 0.638. The normalized spacial score (nSPS) is 19.8. The molecular formula is C20H21ClN2O4S. The van der Waals surface area contributed by atoms with Crippen molar-refractivity contribution in [1.82, 2.24) is 4.72 Å². The zero-order chi connectivity index (χ0) is 20.1. The van der Waals surface area contributed by atoms with Gasteiger partial charge in [0.15, 0.2) is 0 Å². The van der Waals surface area contributed by atoms with Gasteiger partial charge >= 0.3 is 0 Å². The maximum Gasteiger partial charge on any atom is 0.240 e. The molecule has 0 radical (unpaired) electrons. The van der Waals surface area contributed by atoms with Crippen molar-refractivity contribution in [3.05, 3.63) is 53.1 Å². The Kier molecular flexibility index (Phi) is 6.57. The summed E-state index contributed by atoms with van der Waals surface area (Å²) in [5.41, 5.74) is 0.217. The van der Waals surface area contributed by atoms with E-state index in [1.165, 1.54) is 24.3 Å². The summed E-state index contributed by atoms with van der Waals surface area (Å²) in [4.78, 5) is 0.119. The Morgan fingerprint density at radius 2 is 1.89 bits per heavy atom. The van der Waals surface area contributed by atoms with Crippen molar-refractivity contribution in [2.75, 3.05) is 6.61 Å². The van der Waals surface area contributed by atoms with Gasteiger partial charge in [0, 0.05) is 12.6 Å². The van der Waals surface area contributed by atoms with Gasteiger partial charge in [0.2, 0.25) is 10.0 Å². The summed E-state index contributed by atoms with van der Waals surface area (Å²) in [7, 11) is -3.70. The molecule has 6 nitrogen and oxygen atoms in total. The highest BCUT2D eigenvalue weighted by molar-refractivity contribution is 7.89. The molecule has 0 heterocycles. The first-order chi connectivity index (χ1) is 13.4. The fourth-order valence-corrected chi connectivity index (χ4v) is 4.91. The van der Waals surface area contributed by atoms with Gasteiger partial charge < -0.3 is 9.84 Å². The predicted molar refractivity (Wildman–Crippen MR) is 106 cm³/mol. The zero-order valence-electron chi connectivity index (χ0n) is 15.1. The first-order valence-corrected chi connectivity index (χ1v) is 10.9. The molecule has 0 bridgehead atoms. The maximum atomic E-state index is 12.7. The van der Waals surface area contributed by atoms with Crippen molar-refractivity contribution in [3.8, 4) is 17.6 Å². The molecule has 0 spiro atoms. The fraction of sp³-hybridized carbons (Fsp3) is 0.350. The molecule has 8 heteroatoms. The monoisotopic (exact) mass is 420 g/mol. The summed E-state index contributed by atoms with van der Waals surface area (Å²) in [6, 6.07) is 12.6. The van der Waals surface area contributed by atoms with Crippen molar-refractivity contribution in [2.45, 2.75) is 36.6 Å². The molecule has 0 saturated heterocycles. The van der Waals surface area contributed by atoms with Crippen LogP contribution >= 0.6 is 11.6 Å². The molecule has 0 amide bonds. The lowest BCUT2D eigenvalue weighted by molar-refractivity contribution is 0.164. The van der Waals surface area contributed by atoms with E-state index in [0.717, 1.165) is 25.7 Å². The van der Waals surface area contributed by atoms with E-state index in [9.17, 15) is 18.8 Å². The average Bonchev–Trinajstić information content (AvgIpc) is 2.69. The summed E-state index contributed by atoms with van der Waals surface area (Å²) in [6.07, 6.45) is 3.48. The van der Waals surface area contributed by atoms with E-state index in [4.69, 9.17) is 16.3 Å². The van der Waals surface area contributed by atoms with E-state index in [2.05, 4.69) is 4.72 Å². The molecule has 2 aromatic carbocycles. The number of sulfonamides is 1. The molecule has 1 saturated carbocycles. The van der Waals surface area contributed by atoms with Crippen LogP contribution in [-0.4, -0.2) is 26.2 Å². The highest BCUT2D eigenvalue weighted by atomic mass is 35.5. The van der Waals surface area contributed by atoms with Crippen molar-refractivity contribution < 1.29 is 18.3 Å². The number of nitrogens with zero attached hydrogens (tertiary/aromatic N) is 1. The molecule has 1 aliphatic rings. The first kappa shape index (κ1) is 20.6. The lowest BCUT2D eigenvalue weighted by Gasteiger charge is -2.30. The van der Waals surface area contributed by atoms with Gasteiger partial charge in [-0.1, -0.05) is 30.5 Å². The van der Waals surface area contributed by atoms with E-state index in [1.807, 2.05) is 6.07 Å². The largest absolute Gasteiger partial charge is 0.456 e. The third-order valence-electron chi connectivity index (χ3n) is 4.90. The Morgan fingerprint density at radius 3 is 2.57 bits per heavy atom. The standard InChI is InChI=1S/C20H21ClN2O4S/c21-18-5-3-7-20(17(18)12-22)27-15-8-10-16(11-9-15)28(25,26)23-19-6-2-1-4-14(19)13-24/h3,5,7-11,14,19,23-24H,1-2,4,6,13H2. The number of ether oxygens (including phenoxy) is 1. The molecule has 2 N–H and O–H groups in total. The van der Waals surface area contributed by atoms with Gasteiger partial charge in [-0.15, -0.1) is 0 Å². The number of halogens is 1. The summed E-state index contributed by atoms with van der Waals surface area (Å²) >= 11 is 5.99. The quantitative estimate of drug-likeness (QED) is 0.739. The summed E-state index contributed by atoms with van der Waals surface area (Å²) in [5, 5.41) is 19.0. The Labute approximate surface area is 169 Å². The second-order valence-corrected chi connectivity index (χ2v) is 8.87. The van der Waals surface area contributed by atoms with Crippen LogP contribution in [0.3, 0.4) is 0 Å². The van der Waals surface area contributed by atoms with E-state index < -0.39 is 10.0 Å². The fourth-order valence-electron chi connectivity index (χ4n) is 3.36. The molecule has 1 fully saturated rings. The van der Waals surface area contributed by atoms with Crippen LogP contribution in [-0.2, 0) is 10.0 Å². The maximum absolute atomic E-state index is 12.7. The van der Waals surface area contributed by atoms with Crippen LogP contribution < -0.4 is 9.46 Å². The molecule has 0 aliphatic heterocycles. The van der Waals surface area contributed by atoms with Crippen LogP contribution in [0.15, 0.2) is 47.4 Å². The molecule has 2 atom stereocenters. The van der Waals surface area contributed by atoms with Crippen LogP contribution in [0, 0.1) is 17.2 Å². The predicted octanol–water partition coefficient (Wildman–Crippen LogP) is 3.83. The van der Waals surface area contributed by atoms with Gasteiger partial charge in [-0.05, 0) is 55.2 Å². The molecule has 2 unspecified atom stereocenters. The van der Waals surface area contributed by atoms with Gasteiger partial charge in [-0.25, -0.2) is 13.1 Å². The van der Waals surface area contributed by atoms with E-state index >= 15 is 0 Å². The minimum absolute atomic E-state index is 0.0270. The molecule has 0 aromatic heterocycles. The van der Waals surface area contributed by atoms with Gasteiger partial charge in [0.25, 0.3) is 0 Å². The molecule has 28 heavy (non-hydrogen) atoms. The van der Waals surface area contributed by atoms with Crippen LogP contribution in [0.1, 0.15) is 31.2 Å². The Hall–Kier alpha value is -2.11. The van der Waals surface area contributed by atoms with Crippen LogP contribution in [0.4, 0.5) is 0 Å². The Bertz CT molecular complexity index is 971. The van der Waals surface area contributed by atoms with Crippen molar-refractivity contribution in [3.63, 3.8) is 0 Å². The van der Waals surface area contributed by atoms with E-state index in [0.29, 0.717) is 11.5 Å². The Morgan fingerprint density at radius 1 is 1.18 bits per heavy atom. The molecular weight excluding hydrogens is 400 g/mol. The average molecular weight is 421 g/mol. The van der Waals surface area contributed by atoms with E-state index in [-0.39, 0.29) is 34.0 Å². The lowest BCUT2D eigenvalue weighted by atomic mass is 9.86. The third-order valence-corrected chi connectivity index (χ3v) is 6.72. The minimum atomic E-state index is -3.70. The Balaban J connectivity index is 1.75. The third kappa shape index (κ3) is 4.65. The van der Waals surface area contributed by atoms with Gasteiger partial charge in [0.05, 0.1) is 9.92 Å². The molecule has 1 aliphatic carbocycles. The van der Waals surface area contributed by atoms with Crippen LogP contribution in [0.2, 0.25) is 5.02 Å². The van der Waals surface area contributed by atoms with Crippen molar-refractivity contribution >= 4 is 21.6 Å². The number of rotatable bonds is 6. The van der Waals surface area contributed by atoms with Crippen LogP contribution in [0.25, 0.3) is 0 Å². The number of hydrogen-bond acceptors (Lipinski definition) is 5. The van der Waals surface area contributed by atoms with Gasteiger partial charge in [-0.3, -0.25) is 0 Å². The SMILES string of the molecule is N#Cc1c(Cl)cccc1Oc1ccc(S(=O)(=O)NC2CCCCC2CO)cc1. The van der Waals surface area contributed by atoms with Gasteiger partial charge in [-0.2, -0.15) is 5.26 Å². The minimum Gasteiger partial charge on any atom is -0.456 e. The summed E-state index contributed by atoms with van der Waals surface area (Å²) in [6.45, 7) is -0.0270. The first-order valence-electron chi connectivity index (χ1n) is 9.04. The highest BCUT2D eigenvalue weighted by Gasteiger charge is 2.29. The smallest absolute Gasteiger partial charge is 0.240 e. The molecule has 2 aromatic rings. The lowest BCUT2D eigenvalue weighted by Crippen LogP contribution is -2.43. The number of nitrogens with one attached hydrogen (secondary N) is 1. The second-order valence-electron chi connectivity index (χ2n) is 6.75. The summed E-state index contributed by atoms with van der Waals surface area (Å²) < 4.78 is 33.8. The number of nitriles is 1. The van der Waals surface area contributed by atoms with Gasteiger partial charge in [0.1, 0.15) is 23.1 Å². The molecule has 3 rings (SSSR count). The van der Waals surface area contributed by atoms with Crippen molar-refractivity contribution in [2.24, 2.45) is 5.92 Å². The molecule has 148 valence electrons. The topological polar surface area (TPSA) is 99.4 Å². The number of aliphatic hydroxyl groups excluding tert-OH is 1.